The van der Waals surface area contributed by atoms with Gasteiger partial charge in [0.05, 0.1) is 18.0 Å². The van der Waals surface area contributed by atoms with E-state index in [-0.39, 0.29) is 22.4 Å². The second-order valence-electron chi connectivity index (χ2n) is 4.72. The lowest BCUT2D eigenvalue weighted by Gasteiger charge is -2.11. The van der Waals surface area contributed by atoms with Gasteiger partial charge in [0.2, 0.25) is 40.7 Å². The van der Waals surface area contributed by atoms with E-state index in [0.29, 0.717) is 0 Å². The van der Waals surface area contributed by atoms with E-state index in [4.69, 9.17) is 9.47 Å². The lowest BCUT2D eigenvalue weighted by atomic mass is 10.2. The normalized spacial score (nSPS) is 11.0. The first-order valence-corrected chi connectivity index (χ1v) is 6.56. The first-order chi connectivity index (χ1) is 11.8. The van der Waals surface area contributed by atoms with Crippen molar-refractivity contribution in [2.45, 2.75) is 0 Å². The molecule has 0 aliphatic heterocycles. The minimum atomic E-state index is -2.30. The van der Waals surface area contributed by atoms with E-state index in [1.54, 1.807) is 0 Å². The van der Waals surface area contributed by atoms with Crippen LogP contribution < -0.4 is 9.47 Å². The molecule has 0 atom stereocenters. The van der Waals surface area contributed by atoms with E-state index in [1.807, 2.05) is 0 Å². The van der Waals surface area contributed by atoms with Crippen molar-refractivity contribution in [1.82, 2.24) is 9.97 Å². The topological polar surface area (TPSA) is 64.5 Å². The van der Waals surface area contributed by atoms with Gasteiger partial charge in [-0.25, -0.2) is 23.1 Å². The van der Waals surface area contributed by atoms with Crippen LogP contribution in [-0.2, 0) is 0 Å². The number of aromatic nitrogens is 2. The Morgan fingerprint density at radius 2 is 1.48 bits per heavy atom. The number of hydrogen-bond donors (Lipinski definition) is 1. The smallest absolute Gasteiger partial charge is 0.230 e. The maximum Gasteiger partial charge on any atom is 0.230 e. The van der Waals surface area contributed by atoms with Crippen molar-refractivity contribution in [3.63, 3.8) is 0 Å². The molecule has 0 bridgehead atoms. The fourth-order valence-electron chi connectivity index (χ4n) is 2.06. The molecular weight excluding hydrogens is 351 g/mol. The zero-order valence-electron chi connectivity index (χ0n) is 12.3. The molecule has 0 saturated carbocycles. The second kappa shape index (κ2) is 6.04. The number of hydrogen-bond acceptors (Lipinski definition) is 5. The summed E-state index contributed by atoms with van der Waals surface area (Å²) in [6, 6.07) is 2.34. The number of benzene rings is 2. The van der Waals surface area contributed by atoms with E-state index in [2.05, 4.69) is 9.97 Å². The van der Waals surface area contributed by atoms with Crippen molar-refractivity contribution in [2.75, 3.05) is 7.11 Å². The number of halogens is 5. The van der Waals surface area contributed by atoms with Gasteiger partial charge in [-0.05, 0) is 6.07 Å². The molecule has 0 unspecified atom stereocenters. The van der Waals surface area contributed by atoms with Crippen molar-refractivity contribution < 1.29 is 36.5 Å². The van der Waals surface area contributed by atoms with Gasteiger partial charge in [0.25, 0.3) is 0 Å². The Morgan fingerprint density at radius 1 is 0.880 bits per heavy atom. The van der Waals surface area contributed by atoms with E-state index >= 15 is 0 Å². The van der Waals surface area contributed by atoms with E-state index < -0.39 is 40.7 Å². The highest BCUT2D eigenvalue weighted by molar-refractivity contribution is 5.86. The average Bonchev–Trinajstić information content (AvgIpc) is 2.61. The van der Waals surface area contributed by atoms with Gasteiger partial charge in [-0.1, -0.05) is 0 Å². The third-order valence-corrected chi connectivity index (χ3v) is 3.27. The van der Waals surface area contributed by atoms with Crippen LogP contribution in [0.25, 0.3) is 10.9 Å². The highest BCUT2D eigenvalue weighted by atomic mass is 19.2. The fraction of sp³-hybridized carbons (Fsp3) is 0.0667. The molecule has 0 saturated heterocycles. The Balaban J connectivity index is 2.20. The summed E-state index contributed by atoms with van der Waals surface area (Å²) in [6.07, 6.45) is 0.926. The number of phenolic OH excluding ortho intramolecular Hbond substituents is 1. The second-order valence-corrected chi connectivity index (χ2v) is 4.72. The molecule has 130 valence electrons. The molecule has 0 aliphatic carbocycles. The maximum absolute atomic E-state index is 13.7. The minimum Gasteiger partial charge on any atom is -0.504 e. The summed E-state index contributed by atoms with van der Waals surface area (Å²) in [5.41, 5.74) is 0.0900. The number of phenols is 1. The Morgan fingerprint density at radius 3 is 2.08 bits per heavy atom. The van der Waals surface area contributed by atoms with Crippen LogP contribution in [0.4, 0.5) is 22.0 Å². The molecule has 0 spiro atoms. The number of methoxy groups -OCH3 is 1. The lowest BCUT2D eigenvalue weighted by Crippen LogP contribution is -2.05. The Bertz CT molecular complexity index is 968. The zero-order chi connectivity index (χ0) is 18.3. The molecule has 1 aromatic heterocycles. The van der Waals surface area contributed by atoms with Gasteiger partial charge in [0.1, 0.15) is 6.33 Å². The van der Waals surface area contributed by atoms with Crippen LogP contribution in [0.1, 0.15) is 0 Å². The van der Waals surface area contributed by atoms with Crippen LogP contribution in [0, 0.1) is 29.1 Å². The molecule has 25 heavy (non-hydrogen) atoms. The Kier molecular flexibility index (Phi) is 4.03. The molecule has 0 amide bonds. The molecule has 0 fully saturated rings. The van der Waals surface area contributed by atoms with Crippen LogP contribution in [0.2, 0.25) is 0 Å². The molecule has 5 nitrogen and oxygen atoms in total. The van der Waals surface area contributed by atoms with Crippen LogP contribution >= 0.6 is 0 Å². The highest BCUT2D eigenvalue weighted by Crippen LogP contribution is 2.37. The van der Waals surface area contributed by atoms with Crippen molar-refractivity contribution in [1.29, 1.82) is 0 Å². The van der Waals surface area contributed by atoms with Crippen LogP contribution in [-0.4, -0.2) is 22.2 Å². The zero-order valence-corrected chi connectivity index (χ0v) is 12.3. The summed E-state index contributed by atoms with van der Waals surface area (Å²) in [7, 11) is 1.25. The van der Waals surface area contributed by atoms with Crippen molar-refractivity contribution in [3.8, 4) is 23.1 Å². The standard InChI is InChI=1S/C15H7F5N2O3/c1-24-8-2-5-6(3-7(8)23)21-4-22-15(5)25-14-12(19)10(17)9(16)11(18)13(14)20/h2-4,23H,1H3. The van der Waals surface area contributed by atoms with Gasteiger partial charge in [0, 0.05) is 6.07 Å². The Labute approximate surface area is 136 Å². The van der Waals surface area contributed by atoms with Crippen LogP contribution in [0.15, 0.2) is 18.5 Å². The van der Waals surface area contributed by atoms with Gasteiger partial charge in [-0.15, -0.1) is 0 Å². The van der Waals surface area contributed by atoms with Crippen LogP contribution in [0.3, 0.4) is 0 Å². The molecule has 3 aromatic rings. The van der Waals surface area contributed by atoms with Gasteiger partial charge < -0.3 is 14.6 Å². The third kappa shape index (κ3) is 2.65. The number of nitrogens with zero attached hydrogens (tertiary/aromatic N) is 2. The molecule has 0 radical (unpaired) electrons. The summed E-state index contributed by atoms with van der Waals surface area (Å²) in [4.78, 5) is 7.44. The Hall–Kier alpha value is -3.17. The van der Waals surface area contributed by atoms with Gasteiger partial charge in [0.15, 0.2) is 11.5 Å². The number of rotatable bonds is 3. The molecule has 1 N–H and O–H groups in total. The maximum atomic E-state index is 13.7. The summed E-state index contributed by atoms with van der Waals surface area (Å²) in [5.74, 6) is -13.2. The number of ether oxygens (including phenoxy) is 2. The van der Waals surface area contributed by atoms with E-state index in [0.717, 1.165) is 12.4 Å². The lowest BCUT2D eigenvalue weighted by molar-refractivity contribution is 0.329. The number of aromatic hydroxyl groups is 1. The van der Waals surface area contributed by atoms with Crippen molar-refractivity contribution in [2.24, 2.45) is 0 Å². The summed E-state index contributed by atoms with van der Waals surface area (Å²) in [6.45, 7) is 0. The molecule has 10 heteroatoms. The summed E-state index contributed by atoms with van der Waals surface area (Å²) >= 11 is 0. The third-order valence-electron chi connectivity index (χ3n) is 3.27. The monoisotopic (exact) mass is 358 g/mol. The molecule has 3 rings (SSSR count). The summed E-state index contributed by atoms with van der Waals surface area (Å²) in [5, 5.41) is 9.71. The van der Waals surface area contributed by atoms with E-state index in [1.165, 1.54) is 13.2 Å². The first-order valence-electron chi connectivity index (χ1n) is 6.56. The van der Waals surface area contributed by atoms with Crippen molar-refractivity contribution in [3.05, 3.63) is 47.5 Å². The van der Waals surface area contributed by atoms with Gasteiger partial charge >= 0.3 is 0 Å². The predicted octanol–water partition coefficient (Wildman–Crippen LogP) is 3.83. The molecular formula is C15H7F5N2O3. The van der Waals surface area contributed by atoms with Crippen molar-refractivity contribution >= 4 is 10.9 Å². The minimum absolute atomic E-state index is 0.0149. The SMILES string of the molecule is COc1cc2c(Oc3c(F)c(F)c(F)c(F)c3F)ncnc2cc1O. The molecule has 2 aromatic carbocycles. The summed E-state index contributed by atoms with van der Waals surface area (Å²) < 4.78 is 76.8. The van der Waals surface area contributed by atoms with Gasteiger partial charge in [-0.2, -0.15) is 8.78 Å². The van der Waals surface area contributed by atoms with E-state index in [9.17, 15) is 27.1 Å². The first kappa shape index (κ1) is 16.7. The van der Waals surface area contributed by atoms with Crippen LogP contribution in [0.5, 0.6) is 23.1 Å². The van der Waals surface area contributed by atoms with Gasteiger partial charge in [-0.3, -0.25) is 0 Å². The fourth-order valence-corrected chi connectivity index (χ4v) is 2.06. The molecule has 0 aliphatic rings. The average molecular weight is 358 g/mol. The highest BCUT2D eigenvalue weighted by Gasteiger charge is 2.28. The molecule has 1 heterocycles. The predicted molar refractivity (Wildman–Crippen MR) is 74.1 cm³/mol. The quantitative estimate of drug-likeness (QED) is 0.438. The number of fused-ring (bicyclic) bond motifs is 1. The largest absolute Gasteiger partial charge is 0.504 e.